The Morgan fingerprint density at radius 3 is 2.78 bits per heavy atom. The average molecular weight is 287 g/mol. The van der Waals surface area contributed by atoms with Crippen LogP contribution < -0.4 is 5.32 Å². The number of hydrogen-bond donors (Lipinski definition) is 1. The fourth-order valence-corrected chi connectivity index (χ4v) is 3.00. The van der Waals surface area contributed by atoms with Gasteiger partial charge < -0.3 is 10.1 Å². The van der Waals surface area contributed by atoms with E-state index in [9.17, 15) is 9.59 Å². The Bertz CT molecular complexity index is 401. The average Bonchev–Trinajstić information content (AvgIpc) is 2.80. The summed E-state index contributed by atoms with van der Waals surface area (Å²) in [6.07, 6.45) is 0. The van der Waals surface area contributed by atoms with Crippen molar-refractivity contribution < 1.29 is 14.3 Å². The van der Waals surface area contributed by atoms with Crippen LogP contribution in [-0.2, 0) is 20.1 Å². The Morgan fingerprint density at radius 1 is 1.50 bits per heavy atom. The van der Waals surface area contributed by atoms with Crippen LogP contribution in [0.5, 0.6) is 0 Å². The minimum atomic E-state index is -0.977. The van der Waals surface area contributed by atoms with Crippen LogP contribution in [0.2, 0.25) is 0 Å². The largest absolute Gasteiger partial charge is 0.467 e. The van der Waals surface area contributed by atoms with E-state index in [1.165, 1.54) is 23.7 Å². The molecular weight excluding hydrogens is 270 g/mol. The number of carbonyl (C=O) groups is 2. The van der Waals surface area contributed by atoms with E-state index in [4.69, 9.17) is 0 Å². The number of carbonyl (C=O) groups excluding carboxylic acids is 2. The molecule has 0 radical (unpaired) electrons. The van der Waals surface area contributed by atoms with Gasteiger partial charge in [-0.1, -0.05) is 6.07 Å². The molecule has 1 heterocycles. The van der Waals surface area contributed by atoms with Gasteiger partial charge in [0.15, 0.2) is 0 Å². The monoisotopic (exact) mass is 287 g/mol. The first-order valence-electron chi connectivity index (χ1n) is 5.45. The first-order valence-corrected chi connectivity index (χ1v) is 7.48. The zero-order valence-electron chi connectivity index (χ0n) is 10.7. The molecule has 1 N–H and O–H groups in total. The van der Waals surface area contributed by atoms with E-state index < -0.39 is 11.5 Å². The fourth-order valence-electron chi connectivity index (χ4n) is 1.33. The van der Waals surface area contributed by atoms with Crippen molar-refractivity contribution in [3.05, 3.63) is 22.4 Å². The van der Waals surface area contributed by atoms with Gasteiger partial charge in [0.25, 0.3) is 0 Å². The summed E-state index contributed by atoms with van der Waals surface area (Å²) in [7, 11) is 1.31. The lowest BCUT2D eigenvalue weighted by Gasteiger charge is -2.22. The van der Waals surface area contributed by atoms with Crippen molar-refractivity contribution in [3.8, 4) is 0 Å². The fraction of sp³-hybridized carbons (Fsp3) is 0.500. The number of ether oxygens (including phenoxy) is 1. The highest BCUT2D eigenvalue weighted by molar-refractivity contribution is 7.99. The van der Waals surface area contributed by atoms with Crippen LogP contribution in [0.15, 0.2) is 17.5 Å². The summed E-state index contributed by atoms with van der Waals surface area (Å²) >= 11 is 3.19. The predicted molar refractivity (Wildman–Crippen MR) is 74.7 cm³/mol. The number of hydrogen-bond acceptors (Lipinski definition) is 5. The van der Waals surface area contributed by atoms with Gasteiger partial charge in [0, 0.05) is 10.6 Å². The Morgan fingerprint density at radius 2 is 2.22 bits per heavy atom. The molecule has 0 spiro atoms. The lowest BCUT2D eigenvalue weighted by atomic mass is 10.1. The molecule has 0 saturated carbocycles. The van der Waals surface area contributed by atoms with Gasteiger partial charge in [-0.25, -0.2) is 4.79 Å². The van der Waals surface area contributed by atoms with Crippen molar-refractivity contribution in [1.82, 2.24) is 5.32 Å². The summed E-state index contributed by atoms with van der Waals surface area (Å²) in [5.41, 5.74) is -0.977. The van der Waals surface area contributed by atoms with Gasteiger partial charge in [0.2, 0.25) is 5.91 Å². The highest BCUT2D eigenvalue weighted by atomic mass is 32.2. The summed E-state index contributed by atoms with van der Waals surface area (Å²) in [4.78, 5) is 24.3. The lowest BCUT2D eigenvalue weighted by molar-refractivity contribution is -0.149. The number of nitrogens with one attached hydrogen (secondary N) is 1. The number of esters is 1. The van der Waals surface area contributed by atoms with Crippen LogP contribution in [-0.4, -0.2) is 30.3 Å². The molecule has 0 atom stereocenters. The van der Waals surface area contributed by atoms with E-state index >= 15 is 0 Å². The van der Waals surface area contributed by atoms with E-state index in [-0.39, 0.29) is 5.91 Å². The Labute approximate surface area is 115 Å². The smallest absolute Gasteiger partial charge is 0.330 e. The van der Waals surface area contributed by atoms with E-state index in [0.29, 0.717) is 5.75 Å². The van der Waals surface area contributed by atoms with Gasteiger partial charge in [0.1, 0.15) is 5.54 Å². The molecule has 18 heavy (non-hydrogen) atoms. The Kier molecular flexibility index (Phi) is 5.68. The van der Waals surface area contributed by atoms with E-state index in [2.05, 4.69) is 10.1 Å². The summed E-state index contributed by atoms with van der Waals surface area (Å²) in [6, 6.07) is 4.02. The number of thiophene rings is 1. The highest BCUT2D eigenvalue weighted by Crippen LogP contribution is 2.17. The van der Waals surface area contributed by atoms with E-state index in [1.807, 2.05) is 17.5 Å². The molecule has 0 saturated heterocycles. The molecule has 0 fully saturated rings. The molecule has 1 aromatic heterocycles. The number of methoxy groups -OCH3 is 1. The summed E-state index contributed by atoms with van der Waals surface area (Å²) in [5, 5.41) is 4.67. The molecule has 0 bridgehead atoms. The van der Waals surface area contributed by atoms with Crippen LogP contribution in [0.3, 0.4) is 0 Å². The molecule has 0 unspecified atom stereocenters. The van der Waals surface area contributed by atoms with Crippen molar-refractivity contribution >= 4 is 35.0 Å². The molecule has 4 nitrogen and oxygen atoms in total. The van der Waals surface area contributed by atoms with Crippen LogP contribution in [0, 0.1) is 0 Å². The Balaban J connectivity index is 2.31. The van der Waals surface area contributed by atoms with E-state index in [1.54, 1.807) is 25.2 Å². The molecule has 1 rings (SSSR count). The van der Waals surface area contributed by atoms with Crippen LogP contribution in [0.1, 0.15) is 18.7 Å². The van der Waals surface area contributed by atoms with Crippen LogP contribution in [0.4, 0.5) is 0 Å². The van der Waals surface area contributed by atoms with Crippen molar-refractivity contribution in [1.29, 1.82) is 0 Å². The predicted octanol–water partition coefficient (Wildman–Crippen LogP) is 2.05. The van der Waals surface area contributed by atoms with E-state index in [0.717, 1.165) is 5.75 Å². The topological polar surface area (TPSA) is 55.4 Å². The molecule has 0 aliphatic carbocycles. The third kappa shape index (κ3) is 4.70. The van der Waals surface area contributed by atoms with Gasteiger partial charge in [-0.15, -0.1) is 23.1 Å². The van der Waals surface area contributed by atoms with Crippen molar-refractivity contribution in [2.24, 2.45) is 0 Å². The minimum Gasteiger partial charge on any atom is -0.467 e. The van der Waals surface area contributed by atoms with Gasteiger partial charge in [-0.05, 0) is 25.3 Å². The Hall–Kier alpha value is -1.01. The van der Waals surface area contributed by atoms with Gasteiger partial charge >= 0.3 is 5.97 Å². The first-order chi connectivity index (χ1) is 8.45. The molecule has 6 heteroatoms. The van der Waals surface area contributed by atoms with Crippen molar-refractivity contribution in [2.45, 2.75) is 25.1 Å². The normalized spacial score (nSPS) is 11.1. The molecule has 100 valence electrons. The first kappa shape index (κ1) is 15.0. The SMILES string of the molecule is COC(=O)C(C)(C)NC(=O)CSCc1cccs1. The zero-order chi connectivity index (χ0) is 13.6. The lowest BCUT2D eigenvalue weighted by Crippen LogP contribution is -2.50. The van der Waals surface area contributed by atoms with Crippen LogP contribution >= 0.6 is 23.1 Å². The molecule has 0 aliphatic heterocycles. The maximum atomic E-state index is 11.7. The molecular formula is C12H17NO3S2. The third-order valence-electron chi connectivity index (χ3n) is 2.21. The van der Waals surface area contributed by atoms with Crippen molar-refractivity contribution in [2.75, 3.05) is 12.9 Å². The summed E-state index contributed by atoms with van der Waals surface area (Å²) < 4.78 is 4.62. The van der Waals surface area contributed by atoms with Crippen LogP contribution in [0.25, 0.3) is 0 Å². The summed E-state index contributed by atoms with van der Waals surface area (Å²) in [6.45, 7) is 3.25. The maximum Gasteiger partial charge on any atom is 0.330 e. The quantitative estimate of drug-likeness (QED) is 0.814. The minimum absolute atomic E-state index is 0.160. The summed E-state index contributed by atoms with van der Waals surface area (Å²) in [5.74, 6) is 0.535. The molecule has 1 amide bonds. The third-order valence-corrected chi connectivity index (χ3v) is 4.25. The number of amides is 1. The van der Waals surface area contributed by atoms with Gasteiger partial charge in [-0.3, -0.25) is 4.79 Å². The van der Waals surface area contributed by atoms with Crippen molar-refractivity contribution in [3.63, 3.8) is 0 Å². The second-order valence-electron chi connectivity index (χ2n) is 4.24. The maximum absolute atomic E-state index is 11.7. The van der Waals surface area contributed by atoms with Gasteiger partial charge in [-0.2, -0.15) is 0 Å². The standard InChI is InChI=1S/C12H17NO3S2/c1-12(2,11(15)16-3)13-10(14)8-17-7-9-5-4-6-18-9/h4-6H,7-8H2,1-3H3,(H,13,14). The second kappa shape index (κ2) is 6.80. The molecule has 1 aromatic rings. The number of rotatable bonds is 6. The molecule has 0 aliphatic rings. The van der Waals surface area contributed by atoms with Gasteiger partial charge in [0.05, 0.1) is 12.9 Å². The highest BCUT2D eigenvalue weighted by Gasteiger charge is 2.30. The zero-order valence-corrected chi connectivity index (χ0v) is 12.3. The second-order valence-corrected chi connectivity index (χ2v) is 6.25. The number of thioether (sulfide) groups is 1. The molecule has 0 aromatic carbocycles.